The maximum Gasteiger partial charge on any atom is 0.273 e. The van der Waals surface area contributed by atoms with Crippen molar-refractivity contribution < 1.29 is 14.3 Å². The second-order valence-corrected chi connectivity index (χ2v) is 6.54. The Balaban J connectivity index is 1.75. The summed E-state index contributed by atoms with van der Waals surface area (Å²) in [4.78, 5) is 18.9. The summed E-state index contributed by atoms with van der Waals surface area (Å²) in [6.07, 6.45) is 1.66. The average molecular weight is 346 g/mol. The first kappa shape index (κ1) is 17.1. The van der Waals surface area contributed by atoms with Crippen LogP contribution in [0.1, 0.15) is 22.5 Å². The molecule has 1 saturated heterocycles. The number of ether oxygens (including phenoxy) is 2. The average Bonchev–Trinajstić information content (AvgIpc) is 3.26. The minimum absolute atomic E-state index is 0.00461. The van der Waals surface area contributed by atoms with Gasteiger partial charge in [0.15, 0.2) is 0 Å². The van der Waals surface area contributed by atoms with Gasteiger partial charge in [-0.2, -0.15) is 0 Å². The first-order valence-electron chi connectivity index (χ1n) is 8.13. The third kappa shape index (κ3) is 4.01. The largest absolute Gasteiger partial charge is 0.382 e. The van der Waals surface area contributed by atoms with E-state index in [2.05, 4.69) is 17.1 Å². The lowest BCUT2D eigenvalue weighted by atomic mass is 10.0. The highest BCUT2D eigenvalue weighted by Gasteiger charge is 2.38. The zero-order valence-corrected chi connectivity index (χ0v) is 14.6. The second kappa shape index (κ2) is 8.37. The molecule has 1 amide bonds. The van der Waals surface area contributed by atoms with Crippen LogP contribution in [0.3, 0.4) is 0 Å². The molecule has 1 aromatic heterocycles. The summed E-state index contributed by atoms with van der Waals surface area (Å²) in [6.45, 7) is 1.81. The van der Waals surface area contributed by atoms with Crippen LogP contribution in [0.15, 0.2) is 41.2 Å². The molecular formula is C18H22N2O3S. The molecule has 5 nitrogen and oxygen atoms in total. The van der Waals surface area contributed by atoms with E-state index in [9.17, 15) is 4.79 Å². The van der Waals surface area contributed by atoms with E-state index in [-0.39, 0.29) is 18.1 Å². The highest BCUT2D eigenvalue weighted by molar-refractivity contribution is 7.07. The van der Waals surface area contributed by atoms with E-state index in [1.165, 1.54) is 16.9 Å². The minimum atomic E-state index is -0.00461. The van der Waals surface area contributed by atoms with Gasteiger partial charge in [0.2, 0.25) is 0 Å². The van der Waals surface area contributed by atoms with E-state index in [0.717, 1.165) is 12.8 Å². The molecule has 1 aliphatic rings. The van der Waals surface area contributed by atoms with Crippen molar-refractivity contribution in [3.05, 3.63) is 52.5 Å². The van der Waals surface area contributed by atoms with Crippen LogP contribution in [0.4, 0.5) is 0 Å². The monoisotopic (exact) mass is 346 g/mol. The van der Waals surface area contributed by atoms with Crippen LogP contribution in [0.25, 0.3) is 0 Å². The van der Waals surface area contributed by atoms with Crippen LogP contribution in [0, 0.1) is 0 Å². The molecular weight excluding hydrogens is 324 g/mol. The van der Waals surface area contributed by atoms with E-state index in [0.29, 0.717) is 25.5 Å². The molecule has 0 aliphatic carbocycles. The predicted molar refractivity (Wildman–Crippen MR) is 93.3 cm³/mol. The van der Waals surface area contributed by atoms with Gasteiger partial charge in [-0.3, -0.25) is 4.79 Å². The van der Waals surface area contributed by atoms with Crippen molar-refractivity contribution in [2.75, 3.05) is 26.9 Å². The molecule has 0 spiro atoms. The number of benzene rings is 1. The molecule has 2 heterocycles. The molecule has 1 aromatic carbocycles. The smallest absolute Gasteiger partial charge is 0.273 e. The molecule has 1 fully saturated rings. The van der Waals surface area contributed by atoms with Crippen molar-refractivity contribution in [2.45, 2.75) is 25.0 Å². The topological polar surface area (TPSA) is 51.7 Å². The summed E-state index contributed by atoms with van der Waals surface area (Å²) in [5.41, 5.74) is 3.43. The molecule has 0 saturated carbocycles. The Morgan fingerprint density at radius 2 is 2.17 bits per heavy atom. The summed E-state index contributed by atoms with van der Waals surface area (Å²) in [5, 5.41) is 1.81. The number of hydrogen-bond acceptors (Lipinski definition) is 5. The lowest BCUT2D eigenvalue weighted by Gasteiger charge is -2.28. The molecule has 0 unspecified atom stereocenters. The van der Waals surface area contributed by atoms with Gasteiger partial charge in [0.1, 0.15) is 5.69 Å². The zero-order chi connectivity index (χ0) is 16.8. The maximum atomic E-state index is 12.8. The molecule has 24 heavy (non-hydrogen) atoms. The lowest BCUT2D eigenvalue weighted by molar-refractivity contribution is 0.000430. The van der Waals surface area contributed by atoms with Crippen LogP contribution in [-0.2, 0) is 15.9 Å². The quantitative estimate of drug-likeness (QED) is 0.723. The van der Waals surface area contributed by atoms with Crippen molar-refractivity contribution in [3.63, 3.8) is 0 Å². The summed E-state index contributed by atoms with van der Waals surface area (Å²) in [5.74, 6) is -0.00461. The normalized spacial score (nSPS) is 20.5. The number of thiazole rings is 1. The van der Waals surface area contributed by atoms with Gasteiger partial charge in [-0.05, 0) is 18.4 Å². The predicted octanol–water partition coefficient (Wildman–Crippen LogP) is 2.63. The first-order chi connectivity index (χ1) is 11.8. The third-order valence-corrected chi connectivity index (χ3v) is 4.89. The molecule has 6 heteroatoms. The number of amides is 1. The van der Waals surface area contributed by atoms with Crippen molar-refractivity contribution in [1.82, 2.24) is 9.88 Å². The van der Waals surface area contributed by atoms with E-state index >= 15 is 0 Å². The standard InChI is InChI=1S/C18H22N2O3S/c1-22-9-10-23-17-7-8-20(18(21)15-12-24-13-19-15)16(17)11-14-5-3-2-4-6-14/h2-6,12-13,16-17H,7-11H2,1H3/t16-,17+/m0/s1. The number of likely N-dealkylation sites (tertiary alicyclic amines) is 1. The molecule has 3 rings (SSSR count). The van der Waals surface area contributed by atoms with E-state index < -0.39 is 0 Å². The Hall–Kier alpha value is -1.76. The molecule has 0 N–H and O–H groups in total. The molecule has 0 bridgehead atoms. The minimum Gasteiger partial charge on any atom is -0.382 e. The SMILES string of the molecule is COCCO[C@@H]1CCN(C(=O)c2cscn2)[C@H]1Cc1ccccc1. The number of rotatable bonds is 7. The van der Waals surface area contributed by atoms with Gasteiger partial charge >= 0.3 is 0 Å². The van der Waals surface area contributed by atoms with E-state index in [1.54, 1.807) is 18.0 Å². The molecule has 2 aromatic rings. The van der Waals surface area contributed by atoms with Crippen LogP contribution >= 0.6 is 11.3 Å². The summed E-state index contributed by atoms with van der Waals surface area (Å²) >= 11 is 1.44. The summed E-state index contributed by atoms with van der Waals surface area (Å²) < 4.78 is 11.1. The zero-order valence-electron chi connectivity index (χ0n) is 13.8. The number of nitrogens with zero attached hydrogens (tertiary/aromatic N) is 2. The fourth-order valence-electron chi connectivity index (χ4n) is 3.12. The van der Waals surface area contributed by atoms with Crippen LogP contribution in [0.5, 0.6) is 0 Å². The molecule has 1 aliphatic heterocycles. The van der Waals surface area contributed by atoms with Crippen molar-refractivity contribution in [3.8, 4) is 0 Å². The van der Waals surface area contributed by atoms with Gasteiger partial charge in [0.05, 0.1) is 30.9 Å². The summed E-state index contributed by atoms with van der Waals surface area (Å²) in [7, 11) is 1.66. The van der Waals surface area contributed by atoms with Crippen molar-refractivity contribution >= 4 is 17.2 Å². The molecule has 2 atom stereocenters. The second-order valence-electron chi connectivity index (χ2n) is 5.82. The number of carbonyl (C=O) groups excluding carboxylic acids is 1. The van der Waals surface area contributed by atoms with Gasteiger partial charge in [0.25, 0.3) is 5.91 Å². The number of hydrogen-bond donors (Lipinski definition) is 0. The summed E-state index contributed by atoms with van der Waals surface area (Å²) in [6, 6.07) is 10.3. The first-order valence-corrected chi connectivity index (χ1v) is 9.07. The third-order valence-electron chi connectivity index (χ3n) is 4.30. The fourth-order valence-corrected chi connectivity index (χ4v) is 3.64. The van der Waals surface area contributed by atoms with Crippen LogP contribution in [0.2, 0.25) is 0 Å². The van der Waals surface area contributed by atoms with Gasteiger partial charge < -0.3 is 14.4 Å². The fraction of sp³-hybridized carbons (Fsp3) is 0.444. The van der Waals surface area contributed by atoms with Gasteiger partial charge in [0, 0.05) is 19.0 Å². The molecule has 0 radical (unpaired) electrons. The Labute approximate surface area is 146 Å². The van der Waals surface area contributed by atoms with E-state index in [4.69, 9.17) is 9.47 Å². The maximum absolute atomic E-state index is 12.8. The lowest BCUT2D eigenvalue weighted by Crippen LogP contribution is -2.42. The van der Waals surface area contributed by atoms with Gasteiger partial charge in [-0.25, -0.2) is 4.98 Å². The Morgan fingerprint density at radius 1 is 1.33 bits per heavy atom. The Bertz CT molecular complexity index is 633. The molecule has 128 valence electrons. The number of methoxy groups -OCH3 is 1. The number of aromatic nitrogens is 1. The Kier molecular flexibility index (Phi) is 5.96. The highest BCUT2D eigenvalue weighted by Crippen LogP contribution is 2.26. The number of carbonyl (C=O) groups is 1. The highest BCUT2D eigenvalue weighted by atomic mass is 32.1. The van der Waals surface area contributed by atoms with E-state index in [1.807, 2.05) is 23.1 Å². The van der Waals surface area contributed by atoms with Crippen LogP contribution < -0.4 is 0 Å². The Morgan fingerprint density at radius 3 is 2.88 bits per heavy atom. The van der Waals surface area contributed by atoms with Crippen LogP contribution in [-0.4, -0.2) is 54.8 Å². The van der Waals surface area contributed by atoms with Crippen molar-refractivity contribution in [2.24, 2.45) is 0 Å². The van der Waals surface area contributed by atoms with Crippen molar-refractivity contribution in [1.29, 1.82) is 0 Å². The van der Waals surface area contributed by atoms with Gasteiger partial charge in [-0.1, -0.05) is 30.3 Å². The van der Waals surface area contributed by atoms with Gasteiger partial charge in [-0.15, -0.1) is 11.3 Å².